The van der Waals surface area contributed by atoms with Gasteiger partial charge in [0.15, 0.2) is 0 Å². The number of aliphatic hydroxyl groups is 1. The van der Waals surface area contributed by atoms with Crippen LogP contribution in [0.4, 0.5) is 0 Å². The van der Waals surface area contributed by atoms with E-state index in [2.05, 4.69) is 10.2 Å². The molecule has 1 aromatic heterocycles. The fourth-order valence-corrected chi connectivity index (χ4v) is 1.58. The van der Waals surface area contributed by atoms with Crippen molar-refractivity contribution in [2.45, 2.75) is 6.42 Å². The van der Waals surface area contributed by atoms with Crippen LogP contribution in [0.2, 0.25) is 5.02 Å². The molecule has 2 rings (SSSR count). The molecule has 0 radical (unpaired) electrons. The Morgan fingerprint density at radius 2 is 2.31 bits per heavy atom. The molecule has 1 aromatic carbocycles. The van der Waals surface area contributed by atoms with Gasteiger partial charge in [0.1, 0.15) is 5.52 Å². The van der Waals surface area contributed by atoms with E-state index >= 15 is 0 Å². The molecule has 0 bridgehead atoms. The number of para-hydroxylation sites is 1. The molecule has 0 amide bonds. The molecule has 3 nitrogen and oxygen atoms in total. The van der Waals surface area contributed by atoms with E-state index in [4.69, 9.17) is 16.7 Å². The third kappa shape index (κ3) is 1.41. The highest BCUT2D eigenvalue weighted by Crippen LogP contribution is 2.23. The molecule has 0 unspecified atom stereocenters. The van der Waals surface area contributed by atoms with Gasteiger partial charge in [-0.2, -0.15) is 5.10 Å². The van der Waals surface area contributed by atoms with Gasteiger partial charge >= 0.3 is 0 Å². The lowest BCUT2D eigenvalue weighted by Crippen LogP contribution is -1.90. The minimum atomic E-state index is 0.115. The Morgan fingerprint density at radius 3 is 3.08 bits per heavy atom. The summed E-state index contributed by atoms with van der Waals surface area (Å²) in [5.41, 5.74) is 1.70. The van der Waals surface area contributed by atoms with Crippen molar-refractivity contribution in [1.82, 2.24) is 10.2 Å². The Labute approximate surface area is 80.3 Å². The van der Waals surface area contributed by atoms with Crippen molar-refractivity contribution in [3.63, 3.8) is 0 Å². The Hall–Kier alpha value is -1.06. The second-order valence-corrected chi connectivity index (χ2v) is 3.22. The number of nitrogens with zero attached hydrogens (tertiary/aromatic N) is 1. The van der Waals surface area contributed by atoms with Gasteiger partial charge in [0, 0.05) is 24.1 Å². The largest absolute Gasteiger partial charge is 0.396 e. The van der Waals surface area contributed by atoms with Crippen molar-refractivity contribution in [1.29, 1.82) is 0 Å². The van der Waals surface area contributed by atoms with E-state index in [1.54, 1.807) is 6.07 Å². The summed E-state index contributed by atoms with van der Waals surface area (Å²) in [6.07, 6.45) is 0.580. The van der Waals surface area contributed by atoms with E-state index in [0.29, 0.717) is 11.4 Å². The minimum absolute atomic E-state index is 0.115. The van der Waals surface area contributed by atoms with E-state index in [9.17, 15) is 0 Å². The molecule has 68 valence electrons. The third-order valence-electron chi connectivity index (χ3n) is 1.98. The zero-order valence-corrected chi connectivity index (χ0v) is 7.67. The number of halogens is 1. The summed E-state index contributed by atoms with van der Waals surface area (Å²) < 4.78 is 0. The number of nitrogens with one attached hydrogen (secondary N) is 1. The number of rotatable bonds is 2. The van der Waals surface area contributed by atoms with Crippen LogP contribution in [0.25, 0.3) is 10.9 Å². The molecule has 2 N–H and O–H groups in total. The maximum absolute atomic E-state index is 8.79. The number of hydrogen-bond donors (Lipinski definition) is 2. The van der Waals surface area contributed by atoms with Crippen molar-refractivity contribution in [3.8, 4) is 0 Å². The average molecular weight is 197 g/mol. The number of H-pyrrole nitrogens is 1. The van der Waals surface area contributed by atoms with Gasteiger partial charge in [-0.1, -0.05) is 23.7 Å². The highest BCUT2D eigenvalue weighted by Gasteiger charge is 2.06. The Balaban J connectivity index is 2.61. The number of aromatic nitrogens is 2. The molecule has 0 saturated heterocycles. The van der Waals surface area contributed by atoms with Gasteiger partial charge in [-0.05, 0) is 6.07 Å². The van der Waals surface area contributed by atoms with Gasteiger partial charge in [0.2, 0.25) is 0 Å². The van der Waals surface area contributed by atoms with Crippen LogP contribution in [0, 0.1) is 0 Å². The Morgan fingerprint density at radius 1 is 1.46 bits per heavy atom. The summed E-state index contributed by atoms with van der Waals surface area (Å²) in [6, 6.07) is 5.62. The summed E-state index contributed by atoms with van der Waals surface area (Å²) in [5, 5.41) is 17.3. The fourth-order valence-electron chi connectivity index (χ4n) is 1.36. The number of fused-ring (bicyclic) bond motifs is 1. The summed E-state index contributed by atoms with van der Waals surface area (Å²) in [6.45, 7) is 0.115. The Kier molecular flexibility index (Phi) is 2.20. The molecular weight excluding hydrogens is 188 g/mol. The molecule has 0 aliphatic heterocycles. The first-order chi connectivity index (χ1) is 6.33. The van der Waals surface area contributed by atoms with Crippen LogP contribution in [0.1, 0.15) is 5.69 Å². The molecular formula is C9H9ClN2O. The monoisotopic (exact) mass is 196 g/mol. The lowest BCUT2D eigenvalue weighted by atomic mass is 10.2. The van der Waals surface area contributed by atoms with Gasteiger partial charge < -0.3 is 5.11 Å². The van der Waals surface area contributed by atoms with Gasteiger partial charge in [0.05, 0.1) is 5.02 Å². The first-order valence-corrected chi connectivity index (χ1v) is 4.43. The highest BCUT2D eigenvalue weighted by atomic mass is 35.5. The maximum atomic E-state index is 8.79. The summed E-state index contributed by atoms with van der Waals surface area (Å²) >= 11 is 5.93. The molecule has 2 aromatic rings. The smallest absolute Gasteiger partial charge is 0.111 e. The van der Waals surface area contributed by atoms with Crippen LogP contribution in [0.15, 0.2) is 18.2 Å². The van der Waals surface area contributed by atoms with Crippen LogP contribution in [-0.2, 0) is 6.42 Å². The number of hydrogen-bond acceptors (Lipinski definition) is 2. The van der Waals surface area contributed by atoms with Crippen LogP contribution in [0.3, 0.4) is 0 Å². The number of aromatic amines is 1. The highest BCUT2D eigenvalue weighted by molar-refractivity contribution is 6.35. The van der Waals surface area contributed by atoms with Gasteiger partial charge in [0.25, 0.3) is 0 Å². The standard InChI is InChI=1S/C9H9ClN2O/c10-7-3-1-2-6-8(4-5-13)11-12-9(6)7/h1-3,13H,4-5H2,(H,11,12). The van der Waals surface area contributed by atoms with E-state index in [-0.39, 0.29) is 6.61 Å². The second-order valence-electron chi connectivity index (χ2n) is 2.81. The van der Waals surface area contributed by atoms with E-state index < -0.39 is 0 Å². The van der Waals surface area contributed by atoms with E-state index in [0.717, 1.165) is 16.6 Å². The van der Waals surface area contributed by atoms with Crippen molar-refractivity contribution in [2.75, 3.05) is 6.61 Å². The van der Waals surface area contributed by atoms with Gasteiger partial charge in [-0.15, -0.1) is 0 Å². The summed E-state index contributed by atoms with van der Waals surface area (Å²) in [4.78, 5) is 0. The van der Waals surface area contributed by atoms with E-state index in [1.165, 1.54) is 0 Å². The zero-order chi connectivity index (χ0) is 9.26. The lowest BCUT2D eigenvalue weighted by Gasteiger charge is -1.94. The van der Waals surface area contributed by atoms with Crippen LogP contribution in [0.5, 0.6) is 0 Å². The maximum Gasteiger partial charge on any atom is 0.111 e. The third-order valence-corrected chi connectivity index (χ3v) is 2.28. The lowest BCUT2D eigenvalue weighted by molar-refractivity contribution is 0.298. The van der Waals surface area contributed by atoms with Crippen LogP contribution < -0.4 is 0 Å². The zero-order valence-electron chi connectivity index (χ0n) is 6.92. The van der Waals surface area contributed by atoms with E-state index in [1.807, 2.05) is 12.1 Å². The molecule has 0 aliphatic carbocycles. The van der Waals surface area contributed by atoms with Crippen molar-refractivity contribution in [3.05, 3.63) is 28.9 Å². The Bertz CT molecular complexity index is 424. The predicted octanol–water partition coefficient (Wildman–Crippen LogP) is 1.75. The first-order valence-electron chi connectivity index (χ1n) is 4.05. The van der Waals surface area contributed by atoms with Crippen molar-refractivity contribution >= 4 is 22.5 Å². The number of aliphatic hydroxyl groups excluding tert-OH is 1. The number of benzene rings is 1. The summed E-state index contributed by atoms with van der Waals surface area (Å²) in [5.74, 6) is 0. The fraction of sp³-hybridized carbons (Fsp3) is 0.222. The molecule has 0 aliphatic rings. The van der Waals surface area contributed by atoms with Crippen LogP contribution in [-0.4, -0.2) is 21.9 Å². The first kappa shape index (κ1) is 8.53. The van der Waals surface area contributed by atoms with Crippen molar-refractivity contribution in [2.24, 2.45) is 0 Å². The molecule has 4 heteroatoms. The average Bonchev–Trinajstić information content (AvgIpc) is 2.51. The topological polar surface area (TPSA) is 48.9 Å². The van der Waals surface area contributed by atoms with Gasteiger partial charge in [-0.25, -0.2) is 0 Å². The molecule has 13 heavy (non-hydrogen) atoms. The molecule has 0 fully saturated rings. The van der Waals surface area contributed by atoms with Crippen molar-refractivity contribution < 1.29 is 5.11 Å². The SMILES string of the molecule is OCCc1[nH]nc2c(Cl)cccc12. The second kappa shape index (κ2) is 3.36. The van der Waals surface area contributed by atoms with Gasteiger partial charge in [-0.3, -0.25) is 5.10 Å². The molecule has 1 heterocycles. The normalized spacial score (nSPS) is 10.9. The predicted molar refractivity (Wildman–Crippen MR) is 51.9 cm³/mol. The molecule has 0 spiro atoms. The summed E-state index contributed by atoms with van der Waals surface area (Å²) in [7, 11) is 0. The minimum Gasteiger partial charge on any atom is -0.396 e. The molecule has 0 atom stereocenters. The molecule has 0 saturated carbocycles. The quantitative estimate of drug-likeness (QED) is 0.769. The van der Waals surface area contributed by atoms with Crippen LogP contribution >= 0.6 is 11.6 Å².